The molecule has 1 heterocycles. The molecule has 2 rings (SSSR count). The first kappa shape index (κ1) is 20.6. The van der Waals surface area contributed by atoms with Crippen LogP contribution in [0.1, 0.15) is 32.3 Å². The molecular formula is C17H20N3O6P. The van der Waals surface area contributed by atoms with Gasteiger partial charge in [-0.1, -0.05) is 12.1 Å². The zero-order valence-corrected chi connectivity index (χ0v) is 16.1. The highest BCUT2D eigenvalue weighted by atomic mass is 31.2. The molecule has 144 valence electrons. The second-order valence-corrected chi connectivity index (χ2v) is 7.54. The number of hydrogen-bond donors (Lipinski definition) is 1. The van der Waals surface area contributed by atoms with E-state index in [-0.39, 0.29) is 41.4 Å². The molecule has 0 aromatic heterocycles. The van der Waals surface area contributed by atoms with Gasteiger partial charge in [-0.25, -0.2) is 0 Å². The fraction of sp³-hybridized carbons (Fsp3) is 0.353. The highest BCUT2D eigenvalue weighted by Gasteiger charge is 2.44. The van der Waals surface area contributed by atoms with Gasteiger partial charge in [-0.3, -0.25) is 14.7 Å². The number of benzene rings is 1. The first-order valence-corrected chi connectivity index (χ1v) is 9.75. The molecule has 0 bridgehead atoms. The van der Waals surface area contributed by atoms with Gasteiger partial charge in [-0.15, -0.1) is 0 Å². The summed E-state index contributed by atoms with van der Waals surface area (Å²) < 4.78 is 29.7. The summed E-state index contributed by atoms with van der Waals surface area (Å²) in [4.78, 5) is 10.6. The van der Waals surface area contributed by atoms with E-state index >= 15 is 0 Å². The van der Waals surface area contributed by atoms with Gasteiger partial charge < -0.3 is 19.5 Å². The van der Waals surface area contributed by atoms with Crippen molar-refractivity contribution in [3.63, 3.8) is 0 Å². The molecule has 0 aliphatic carbocycles. The zero-order chi connectivity index (χ0) is 20.2. The fourth-order valence-corrected chi connectivity index (χ4v) is 4.94. The third-order valence-corrected chi connectivity index (χ3v) is 6.24. The largest absolute Gasteiger partial charge is 0.445 e. The molecule has 0 fully saturated rings. The summed E-state index contributed by atoms with van der Waals surface area (Å²) in [5.74, 6) is -0.935. The second kappa shape index (κ2) is 8.35. The summed E-state index contributed by atoms with van der Waals surface area (Å²) in [5, 5.41) is 20.9. The number of allylic oxidation sites excluding steroid dienone is 3. The number of rotatable bonds is 7. The number of ether oxygens (including phenoxy) is 1. The van der Waals surface area contributed by atoms with Gasteiger partial charge in [0.25, 0.3) is 5.69 Å². The van der Waals surface area contributed by atoms with Crippen LogP contribution in [0.25, 0.3) is 0 Å². The Bertz CT molecular complexity index is 892. The van der Waals surface area contributed by atoms with Gasteiger partial charge in [-0.2, -0.15) is 5.26 Å². The lowest BCUT2D eigenvalue weighted by Crippen LogP contribution is -2.21. The molecule has 1 aromatic rings. The first-order valence-electron chi connectivity index (χ1n) is 8.21. The third-order valence-electron chi connectivity index (χ3n) is 3.88. The van der Waals surface area contributed by atoms with Crippen LogP contribution in [0, 0.1) is 21.4 Å². The van der Waals surface area contributed by atoms with E-state index in [9.17, 15) is 19.9 Å². The fourth-order valence-electron chi connectivity index (χ4n) is 2.88. The van der Waals surface area contributed by atoms with Crippen molar-refractivity contribution >= 4 is 13.3 Å². The number of hydrogen-bond acceptors (Lipinski definition) is 8. The van der Waals surface area contributed by atoms with Crippen molar-refractivity contribution in [3.05, 3.63) is 62.5 Å². The van der Waals surface area contributed by atoms with Crippen LogP contribution < -0.4 is 5.73 Å². The molecule has 0 amide bonds. The average molecular weight is 393 g/mol. The van der Waals surface area contributed by atoms with Crippen LogP contribution in [0.3, 0.4) is 0 Å². The minimum atomic E-state index is -3.84. The molecule has 9 nitrogen and oxygen atoms in total. The molecule has 0 saturated carbocycles. The van der Waals surface area contributed by atoms with Crippen LogP contribution in [-0.4, -0.2) is 18.1 Å². The van der Waals surface area contributed by atoms with Crippen LogP contribution in [0.5, 0.6) is 0 Å². The van der Waals surface area contributed by atoms with Crippen LogP contribution >= 0.6 is 7.60 Å². The Morgan fingerprint density at radius 2 is 2.00 bits per heavy atom. The molecular weight excluding hydrogens is 373 g/mol. The molecule has 1 aliphatic rings. The van der Waals surface area contributed by atoms with Crippen molar-refractivity contribution in [3.8, 4) is 6.07 Å². The maximum Gasteiger partial charge on any atom is 0.361 e. The summed E-state index contributed by atoms with van der Waals surface area (Å²) in [5.41, 5.74) is 6.03. The lowest BCUT2D eigenvalue weighted by molar-refractivity contribution is -0.384. The van der Waals surface area contributed by atoms with Crippen molar-refractivity contribution in [2.24, 2.45) is 5.73 Å². The van der Waals surface area contributed by atoms with Gasteiger partial charge in [0.1, 0.15) is 17.4 Å². The van der Waals surface area contributed by atoms with E-state index < -0.39 is 18.4 Å². The number of nitro benzene ring substituents is 1. The van der Waals surface area contributed by atoms with E-state index in [1.165, 1.54) is 25.1 Å². The Labute approximate surface area is 156 Å². The van der Waals surface area contributed by atoms with E-state index in [0.717, 1.165) is 0 Å². The number of nitriles is 1. The molecule has 1 aliphatic heterocycles. The lowest BCUT2D eigenvalue weighted by atomic mass is 9.89. The van der Waals surface area contributed by atoms with Crippen LogP contribution in [0.2, 0.25) is 0 Å². The van der Waals surface area contributed by atoms with Crippen LogP contribution in [0.4, 0.5) is 5.69 Å². The Morgan fingerprint density at radius 1 is 1.37 bits per heavy atom. The normalized spacial score (nSPS) is 17.5. The van der Waals surface area contributed by atoms with Crippen LogP contribution in [-0.2, 0) is 18.3 Å². The first-order chi connectivity index (χ1) is 12.8. The van der Waals surface area contributed by atoms with E-state index in [1.807, 2.05) is 6.07 Å². The molecule has 1 atom stereocenters. The van der Waals surface area contributed by atoms with E-state index in [0.29, 0.717) is 5.56 Å². The monoisotopic (exact) mass is 393 g/mol. The van der Waals surface area contributed by atoms with Crippen LogP contribution in [0.15, 0.2) is 46.8 Å². The van der Waals surface area contributed by atoms with E-state index in [1.54, 1.807) is 19.9 Å². The second-order valence-electron chi connectivity index (χ2n) is 5.55. The van der Waals surface area contributed by atoms with Crippen molar-refractivity contribution < 1.29 is 23.3 Å². The minimum absolute atomic E-state index is 0.0178. The van der Waals surface area contributed by atoms with Crippen molar-refractivity contribution in [1.29, 1.82) is 5.26 Å². The Morgan fingerprint density at radius 3 is 2.52 bits per heavy atom. The molecule has 10 heteroatoms. The maximum absolute atomic E-state index is 13.5. The number of nitrogens with zero attached hydrogens (tertiary/aromatic N) is 2. The third kappa shape index (κ3) is 4.03. The summed E-state index contributed by atoms with van der Waals surface area (Å²) >= 11 is 0. The van der Waals surface area contributed by atoms with E-state index in [4.69, 9.17) is 19.5 Å². The number of nitrogens with two attached hydrogens (primary N) is 1. The van der Waals surface area contributed by atoms with Gasteiger partial charge in [0.2, 0.25) is 5.88 Å². The summed E-state index contributed by atoms with van der Waals surface area (Å²) in [6.45, 7) is 5.03. The van der Waals surface area contributed by atoms with Gasteiger partial charge in [-0.05, 0) is 26.3 Å². The maximum atomic E-state index is 13.5. The number of non-ortho nitro benzene ring substituents is 1. The Kier molecular flexibility index (Phi) is 6.39. The predicted octanol–water partition coefficient (Wildman–Crippen LogP) is 3.90. The van der Waals surface area contributed by atoms with E-state index in [2.05, 4.69) is 0 Å². The summed E-state index contributed by atoms with van der Waals surface area (Å²) in [6.07, 6.45) is 0. The highest BCUT2D eigenvalue weighted by molar-refractivity contribution is 7.58. The molecule has 0 saturated heterocycles. The summed E-state index contributed by atoms with van der Waals surface area (Å²) in [6, 6.07) is 7.64. The highest BCUT2D eigenvalue weighted by Crippen LogP contribution is 2.64. The van der Waals surface area contributed by atoms with Gasteiger partial charge in [0.15, 0.2) is 0 Å². The molecule has 2 N–H and O–H groups in total. The Balaban J connectivity index is 2.75. The minimum Gasteiger partial charge on any atom is -0.445 e. The smallest absolute Gasteiger partial charge is 0.361 e. The zero-order valence-electron chi connectivity index (χ0n) is 15.2. The lowest BCUT2D eigenvalue weighted by Gasteiger charge is -2.31. The average Bonchev–Trinajstić information content (AvgIpc) is 2.61. The van der Waals surface area contributed by atoms with Crippen molar-refractivity contribution in [1.82, 2.24) is 0 Å². The molecule has 27 heavy (non-hydrogen) atoms. The van der Waals surface area contributed by atoms with Gasteiger partial charge in [0, 0.05) is 12.1 Å². The van der Waals surface area contributed by atoms with Gasteiger partial charge in [0.05, 0.1) is 29.4 Å². The molecule has 0 unspecified atom stereocenters. The predicted molar refractivity (Wildman–Crippen MR) is 97.3 cm³/mol. The number of nitro groups is 1. The SMILES string of the molecule is CCOP(=O)(OCC)C1=C(C)OC(N)=C(C#N)[C@@H]1c1cccc([N+](=O)[O-])c1. The molecule has 0 spiro atoms. The van der Waals surface area contributed by atoms with Gasteiger partial charge >= 0.3 is 7.60 Å². The Hall–Kier alpha value is -2.66. The van der Waals surface area contributed by atoms with Crippen molar-refractivity contribution in [2.75, 3.05) is 13.2 Å². The summed E-state index contributed by atoms with van der Waals surface area (Å²) in [7, 11) is -3.84. The molecule has 1 aromatic carbocycles. The molecule has 0 radical (unpaired) electrons. The quantitative estimate of drug-likeness (QED) is 0.418. The van der Waals surface area contributed by atoms with Crippen molar-refractivity contribution in [2.45, 2.75) is 26.7 Å². The topological polar surface area (TPSA) is 138 Å². The standard InChI is InChI=1S/C17H20N3O6P/c1-4-24-27(23,25-5-2)16-11(3)26-17(19)14(10-18)15(16)12-7-6-8-13(9-12)20(21)22/h6-9,15H,4-5,19H2,1-3H3/t15-/m0/s1.